The fourth-order valence-corrected chi connectivity index (χ4v) is 3.37. The Morgan fingerprint density at radius 3 is 2.39 bits per heavy atom. The fourth-order valence-electron chi connectivity index (χ4n) is 3.37. The molecule has 0 saturated carbocycles. The summed E-state index contributed by atoms with van der Waals surface area (Å²) in [6.45, 7) is 6.42. The zero-order valence-electron chi connectivity index (χ0n) is 17.6. The lowest BCUT2D eigenvalue weighted by Gasteiger charge is -2.13. The maximum atomic E-state index is 14.2. The van der Waals surface area contributed by atoms with Gasteiger partial charge in [0.2, 0.25) is 5.78 Å². The Morgan fingerprint density at radius 1 is 1.06 bits per heavy atom. The lowest BCUT2D eigenvalue weighted by molar-refractivity contribution is 0.271. The SMILES string of the molecule is Cc1cc(=O)n2cc(-c3ccc(OCC(C)C)cc3)nc2n1Cc1c(F)cccc1F. The van der Waals surface area contributed by atoms with Gasteiger partial charge in [0.15, 0.2) is 0 Å². The van der Waals surface area contributed by atoms with Crippen molar-refractivity contribution in [2.75, 3.05) is 6.61 Å². The van der Waals surface area contributed by atoms with E-state index in [1.165, 1.54) is 28.7 Å². The van der Waals surface area contributed by atoms with Crippen LogP contribution in [0.1, 0.15) is 25.1 Å². The molecule has 2 aromatic heterocycles. The molecule has 0 unspecified atom stereocenters. The molecule has 0 atom stereocenters. The van der Waals surface area contributed by atoms with Gasteiger partial charge in [-0.05, 0) is 49.2 Å². The molecular weight excluding hydrogens is 400 g/mol. The molecule has 2 heterocycles. The second-order valence-electron chi connectivity index (χ2n) is 7.94. The number of benzene rings is 2. The Hall–Kier alpha value is -3.48. The summed E-state index contributed by atoms with van der Waals surface area (Å²) in [4.78, 5) is 17.1. The molecule has 0 aliphatic rings. The standard InChI is InChI=1S/C24H23F2N3O2/c1-15(2)14-31-18-9-7-17(8-10-18)22-13-29-23(30)11-16(3)28(24(29)27-22)12-19-20(25)5-4-6-21(19)26/h4-11,13,15H,12,14H2,1-3H3. The van der Waals surface area contributed by atoms with E-state index in [-0.39, 0.29) is 17.7 Å². The second kappa shape index (κ2) is 8.34. The first kappa shape index (κ1) is 20.8. The second-order valence-corrected chi connectivity index (χ2v) is 7.94. The van der Waals surface area contributed by atoms with Gasteiger partial charge in [0.05, 0.1) is 18.8 Å². The molecule has 160 valence electrons. The Morgan fingerprint density at radius 2 is 1.74 bits per heavy atom. The predicted molar refractivity (Wildman–Crippen MR) is 115 cm³/mol. The molecule has 0 amide bonds. The molecule has 0 saturated heterocycles. The first-order valence-electron chi connectivity index (χ1n) is 10.1. The number of halogens is 2. The molecule has 2 aromatic carbocycles. The smallest absolute Gasteiger partial charge is 0.259 e. The van der Waals surface area contributed by atoms with Crippen molar-refractivity contribution in [3.8, 4) is 17.0 Å². The van der Waals surface area contributed by atoms with Crippen LogP contribution in [-0.2, 0) is 6.54 Å². The van der Waals surface area contributed by atoms with Crippen molar-refractivity contribution < 1.29 is 13.5 Å². The monoisotopic (exact) mass is 423 g/mol. The molecule has 0 fully saturated rings. The quantitative estimate of drug-likeness (QED) is 0.446. The van der Waals surface area contributed by atoms with Gasteiger partial charge in [-0.15, -0.1) is 0 Å². The van der Waals surface area contributed by atoms with Crippen LogP contribution in [0.2, 0.25) is 0 Å². The van der Waals surface area contributed by atoms with Gasteiger partial charge in [-0.1, -0.05) is 19.9 Å². The Labute approximate surface area is 178 Å². The van der Waals surface area contributed by atoms with Crippen molar-refractivity contribution in [1.82, 2.24) is 14.0 Å². The molecule has 0 radical (unpaired) electrons. The van der Waals surface area contributed by atoms with Crippen LogP contribution in [0.3, 0.4) is 0 Å². The van der Waals surface area contributed by atoms with E-state index in [0.717, 1.165) is 11.3 Å². The van der Waals surface area contributed by atoms with Crippen molar-refractivity contribution in [2.45, 2.75) is 27.3 Å². The highest BCUT2D eigenvalue weighted by atomic mass is 19.1. The highest BCUT2D eigenvalue weighted by Gasteiger charge is 2.16. The van der Waals surface area contributed by atoms with E-state index in [2.05, 4.69) is 18.8 Å². The van der Waals surface area contributed by atoms with Crippen LogP contribution in [0.15, 0.2) is 59.5 Å². The predicted octanol–water partition coefficient (Wildman–Crippen LogP) is 4.83. The van der Waals surface area contributed by atoms with Gasteiger partial charge in [0.25, 0.3) is 5.56 Å². The number of hydrogen-bond acceptors (Lipinski definition) is 3. The number of aromatic nitrogens is 3. The molecule has 0 aliphatic heterocycles. The van der Waals surface area contributed by atoms with E-state index < -0.39 is 11.6 Å². The summed E-state index contributed by atoms with van der Waals surface area (Å²) in [5, 5.41) is 0. The van der Waals surface area contributed by atoms with Crippen LogP contribution in [0.4, 0.5) is 8.78 Å². The van der Waals surface area contributed by atoms with Crippen LogP contribution in [0.5, 0.6) is 5.75 Å². The highest BCUT2D eigenvalue weighted by Crippen LogP contribution is 2.23. The minimum Gasteiger partial charge on any atom is -0.493 e. The number of fused-ring (bicyclic) bond motifs is 1. The number of ether oxygens (including phenoxy) is 1. The molecule has 0 aliphatic carbocycles. The fraction of sp³-hybridized carbons (Fsp3) is 0.250. The van der Waals surface area contributed by atoms with Crippen LogP contribution < -0.4 is 10.3 Å². The lowest BCUT2D eigenvalue weighted by Crippen LogP contribution is -2.20. The van der Waals surface area contributed by atoms with E-state index >= 15 is 0 Å². The highest BCUT2D eigenvalue weighted by molar-refractivity contribution is 5.62. The van der Waals surface area contributed by atoms with Gasteiger partial charge in [-0.25, -0.2) is 13.8 Å². The first-order valence-corrected chi connectivity index (χ1v) is 10.1. The number of nitrogens with zero attached hydrogens (tertiary/aromatic N) is 3. The molecular formula is C24H23F2N3O2. The van der Waals surface area contributed by atoms with Crippen LogP contribution in [-0.4, -0.2) is 20.6 Å². The largest absolute Gasteiger partial charge is 0.493 e. The van der Waals surface area contributed by atoms with Gasteiger partial charge >= 0.3 is 0 Å². The van der Waals surface area contributed by atoms with Crippen molar-refractivity contribution in [2.24, 2.45) is 5.92 Å². The van der Waals surface area contributed by atoms with Crippen molar-refractivity contribution in [3.05, 3.63) is 88.0 Å². The maximum absolute atomic E-state index is 14.2. The topological polar surface area (TPSA) is 48.5 Å². The van der Waals surface area contributed by atoms with E-state index in [0.29, 0.717) is 29.7 Å². The summed E-state index contributed by atoms with van der Waals surface area (Å²) >= 11 is 0. The molecule has 7 heteroatoms. The zero-order chi connectivity index (χ0) is 22.1. The minimum absolute atomic E-state index is 0.0765. The lowest BCUT2D eigenvalue weighted by atomic mass is 10.1. The Bertz CT molecular complexity index is 1270. The van der Waals surface area contributed by atoms with Gasteiger partial charge in [-0.2, -0.15) is 0 Å². The Balaban J connectivity index is 1.74. The van der Waals surface area contributed by atoms with Gasteiger partial charge in [-0.3, -0.25) is 9.20 Å². The summed E-state index contributed by atoms with van der Waals surface area (Å²) in [5.74, 6) is 0.223. The molecule has 0 N–H and O–H groups in total. The third kappa shape index (κ3) is 4.21. The average molecular weight is 423 g/mol. The van der Waals surface area contributed by atoms with Gasteiger partial charge < -0.3 is 9.30 Å². The summed E-state index contributed by atoms with van der Waals surface area (Å²) < 4.78 is 37.2. The summed E-state index contributed by atoms with van der Waals surface area (Å²) in [6.07, 6.45) is 1.63. The van der Waals surface area contributed by atoms with Crippen molar-refractivity contribution in [3.63, 3.8) is 0 Å². The van der Waals surface area contributed by atoms with Crippen molar-refractivity contribution >= 4 is 5.78 Å². The first-order chi connectivity index (χ1) is 14.8. The maximum Gasteiger partial charge on any atom is 0.259 e. The third-order valence-corrected chi connectivity index (χ3v) is 5.04. The average Bonchev–Trinajstić information content (AvgIpc) is 3.17. The molecule has 4 aromatic rings. The minimum atomic E-state index is -0.639. The summed E-state index contributed by atoms with van der Waals surface area (Å²) in [5.41, 5.74) is 1.62. The number of aryl methyl sites for hydroxylation is 1. The molecule has 4 rings (SSSR count). The van der Waals surface area contributed by atoms with Gasteiger partial charge in [0, 0.05) is 29.1 Å². The van der Waals surface area contributed by atoms with Crippen LogP contribution in [0.25, 0.3) is 17.0 Å². The number of imidazole rings is 1. The molecule has 0 spiro atoms. The molecule has 31 heavy (non-hydrogen) atoms. The number of rotatable bonds is 6. The number of hydrogen-bond donors (Lipinski definition) is 0. The molecule has 5 nitrogen and oxygen atoms in total. The van der Waals surface area contributed by atoms with E-state index in [1.54, 1.807) is 17.7 Å². The van der Waals surface area contributed by atoms with Crippen LogP contribution >= 0.6 is 0 Å². The van der Waals surface area contributed by atoms with E-state index in [4.69, 9.17) is 4.74 Å². The summed E-state index contributed by atoms with van der Waals surface area (Å²) in [7, 11) is 0. The van der Waals surface area contributed by atoms with E-state index in [9.17, 15) is 13.6 Å². The summed E-state index contributed by atoms with van der Waals surface area (Å²) in [6, 6.07) is 12.6. The van der Waals surface area contributed by atoms with Gasteiger partial charge in [0.1, 0.15) is 17.4 Å². The molecule has 0 bridgehead atoms. The normalized spacial score (nSPS) is 11.4. The van der Waals surface area contributed by atoms with Crippen LogP contribution in [0, 0.1) is 24.5 Å². The Kier molecular flexibility index (Phi) is 5.59. The third-order valence-electron chi connectivity index (χ3n) is 5.04. The zero-order valence-corrected chi connectivity index (χ0v) is 17.6. The van der Waals surface area contributed by atoms with E-state index in [1.807, 2.05) is 24.3 Å². The van der Waals surface area contributed by atoms with Crippen molar-refractivity contribution in [1.29, 1.82) is 0 Å².